The lowest BCUT2D eigenvalue weighted by Gasteiger charge is -2.11. The van der Waals surface area contributed by atoms with E-state index >= 15 is 0 Å². The molecule has 3 rings (SSSR count). The van der Waals surface area contributed by atoms with Gasteiger partial charge < -0.3 is 10.3 Å². The minimum absolute atomic E-state index is 0.0792. The fourth-order valence-electron chi connectivity index (χ4n) is 1.69. The fourth-order valence-corrected chi connectivity index (χ4v) is 1.69. The third-order valence-electron chi connectivity index (χ3n) is 2.33. The highest BCUT2D eigenvalue weighted by molar-refractivity contribution is 6.07. The van der Waals surface area contributed by atoms with Gasteiger partial charge in [-0.1, -0.05) is 6.07 Å². The summed E-state index contributed by atoms with van der Waals surface area (Å²) < 4.78 is 0. The zero-order chi connectivity index (χ0) is 9.54. The standard InChI is InChI=1S/C10H7N3O/c14-10-6-2-1-3-7-9(6)8(4-11-10)13-5-12-7/h1-5H,(H,11,14)(H,12,13). The molecule has 4 nitrogen and oxygen atoms in total. The average Bonchev–Trinajstić information content (AvgIpc) is 2.24. The molecule has 1 aromatic carbocycles. The molecule has 0 unspecified atom stereocenters. The second kappa shape index (κ2) is 2.45. The van der Waals surface area contributed by atoms with Crippen LogP contribution in [-0.4, -0.2) is 11.3 Å². The van der Waals surface area contributed by atoms with E-state index in [2.05, 4.69) is 15.3 Å². The van der Waals surface area contributed by atoms with Gasteiger partial charge in [0, 0.05) is 11.6 Å². The topological polar surface area (TPSA) is 57.2 Å². The number of aliphatic imine (C=N–C) groups is 1. The van der Waals surface area contributed by atoms with Crippen LogP contribution in [0.15, 0.2) is 34.2 Å². The molecule has 2 aromatic rings. The Morgan fingerprint density at radius 1 is 1.29 bits per heavy atom. The van der Waals surface area contributed by atoms with Crippen molar-refractivity contribution in [1.29, 1.82) is 0 Å². The number of benzene rings is 1. The number of anilines is 1. The van der Waals surface area contributed by atoms with Gasteiger partial charge in [0.15, 0.2) is 0 Å². The highest BCUT2D eigenvalue weighted by atomic mass is 16.1. The summed E-state index contributed by atoms with van der Waals surface area (Å²) in [5.41, 5.74) is 1.65. The molecule has 0 bridgehead atoms. The van der Waals surface area contributed by atoms with Crippen LogP contribution >= 0.6 is 0 Å². The summed E-state index contributed by atoms with van der Waals surface area (Å²) in [5.74, 6) is 0. The van der Waals surface area contributed by atoms with E-state index in [0.717, 1.165) is 16.8 Å². The third kappa shape index (κ3) is 0.821. The van der Waals surface area contributed by atoms with Crippen molar-refractivity contribution in [2.24, 2.45) is 4.99 Å². The zero-order valence-electron chi connectivity index (χ0n) is 7.24. The van der Waals surface area contributed by atoms with Gasteiger partial charge in [0.2, 0.25) is 0 Å². The van der Waals surface area contributed by atoms with Gasteiger partial charge in [0.1, 0.15) is 0 Å². The first kappa shape index (κ1) is 7.32. The van der Waals surface area contributed by atoms with E-state index in [0.29, 0.717) is 5.39 Å². The molecule has 0 amide bonds. The van der Waals surface area contributed by atoms with Crippen LogP contribution in [0.5, 0.6) is 0 Å². The number of nitrogens with one attached hydrogen (secondary N) is 2. The predicted molar refractivity (Wildman–Crippen MR) is 56.3 cm³/mol. The van der Waals surface area contributed by atoms with Crippen molar-refractivity contribution in [1.82, 2.24) is 4.98 Å². The number of hydrogen-bond acceptors (Lipinski definition) is 3. The average molecular weight is 185 g/mol. The maximum Gasteiger partial charge on any atom is 0.256 e. The Labute approximate surface area is 79.3 Å². The fraction of sp³-hybridized carbons (Fsp3) is 0. The van der Waals surface area contributed by atoms with E-state index in [1.54, 1.807) is 18.6 Å². The molecule has 0 fully saturated rings. The first-order valence-electron chi connectivity index (χ1n) is 4.30. The zero-order valence-corrected chi connectivity index (χ0v) is 7.24. The normalized spacial score (nSPS) is 12.9. The van der Waals surface area contributed by atoms with E-state index in [9.17, 15) is 4.79 Å². The Bertz CT molecular complexity index is 598. The van der Waals surface area contributed by atoms with Crippen LogP contribution in [-0.2, 0) is 0 Å². The maximum atomic E-state index is 11.5. The van der Waals surface area contributed by atoms with Crippen molar-refractivity contribution in [3.05, 3.63) is 34.7 Å². The molecular weight excluding hydrogens is 178 g/mol. The Balaban J connectivity index is 2.63. The molecule has 14 heavy (non-hydrogen) atoms. The summed E-state index contributed by atoms with van der Waals surface area (Å²) in [4.78, 5) is 18.3. The van der Waals surface area contributed by atoms with Crippen molar-refractivity contribution < 1.29 is 0 Å². The number of pyridine rings is 1. The third-order valence-corrected chi connectivity index (χ3v) is 2.33. The Morgan fingerprint density at radius 3 is 3.14 bits per heavy atom. The van der Waals surface area contributed by atoms with Gasteiger partial charge in [0.25, 0.3) is 5.56 Å². The summed E-state index contributed by atoms with van der Waals surface area (Å²) >= 11 is 0. The number of hydrogen-bond donors (Lipinski definition) is 2. The second-order valence-corrected chi connectivity index (χ2v) is 3.13. The smallest absolute Gasteiger partial charge is 0.256 e. The van der Waals surface area contributed by atoms with Crippen LogP contribution in [0.25, 0.3) is 10.8 Å². The first-order valence-corrected chi connectivity index (χ1v) is 4.30. The molecule has 0 spiro atoms. The minimum atomic E-state index is -0.0792. The van der Waals surface area contributed by atoms with Crippen LogP contribution in [0.1, 0.15) is 0 Å². The SMILES string of the molecule is O=c1[nH]cc2c3c(cccc13)N=CN2. The maximum absolute atomic E-state index is 11.5. The van der Waals surface area contributed by atoms with Crippen molar-refractivity contribution in [3.63, 3.8) is 0 Å². The molecule has 0 atom stereocenters. The van der Waals surface area contributed by atoms with Gasteiger partial charge in [-0.25, -0.2) is 4.99 Å². The van der Waals surface area contributed by atoms with Gasteiger partial charge in [-0.15, -0.1) is 0 Å². The summed E-state index contributed by atoms with van der Waals surface area (Å²) in [7, 11) is 0. The lowest BCUT2D eigenvalue weighted by molar-refractivity contribution is 1.27. The van der Waals surface area contributed by atoms with Crippen LogP contribution in [0.3, 0.4) is 0 Å². The molecule has 1 aliphatic rings. The molecule has 0 saturated carbocycles. The molecule has 2 N–H and O–H groups in total. The molecule has 68 valence electrons. The highest BCUT2D eigenvalue weighted by Crippen LogP contribution is 2.31. The quantitative estimate of drug-likeness (QED) is 0.655. The Hall–Kier alpha value is -2.10. The molecule has 1 aliphatic heterocycles. The van der Waals surface area contributed by atoms with Gasteiger partial charge in [-0.3, -0.25) is 4.79 Å². The van der Waals surface area contributed by atoms with Crippen LogP contribution in [0, 0.1) is 0 Å². The molecular formula is C10H7N3O. The van der Waals surface area contributed by atoms with Crippen molar-refractivity contribution in [3.8, 4) is 0 Å². The number of rotatable bonds is 0. The highest BCUT2D eigenvalue weighted by Gasteiger charge is 2.10. The van der Waals surface area contributed by atoms with E-state index in [4.69, 9.17) is 0 Å². The first-order chi connectivity index (χ1) is 6.86. The van der Waals surface area contributed by atoms with Crippen molar-refractivity contribution in [2.75, 3.05) is 5.32 Å². The summed E-state index contributed by atoms with van der Waals surface area (Å²) in [6, 6.07) is 5.52. The minimum Gasteiger partial charge on any atom is -0.345 e. The summed E-state index contributed by atoms with van der Waals surface area (Å²) in [6.45, 7) is 0. The van der Waals surface area contributed by atoms with Crippen LogP contribution < -0.4 is 10.9 Å². The molecule has 2 heterocycles. The van der Waals surface area contributed by atoms with E-state index in [1.165, 1.54) is 0 Å². The van der Waals surface area contributed by atoms with Crippen molar-refractivity contribution >= 4 is 28.5 Å². The van der Waals surface area contributed by atoms with Gasteiger partial charge >= 0.3 is 0 Å². The van der Waals surface area contributed by atoms with E-state index in [1.807, 2.05) is 12.1 Å². The van der Waals surface area contributed by atoms with E-state index < -0.39 is 0 Å². The predicted octanol–water partition coefficient (Wildman–Crippen LogP) is 1.61. The molecule has 0 radical (unpaired) electrons. The summed E-state index contributed by atoms with van der Waals surface area (Å²) in [5, 5.41) is 4.55. The van der Waals surface area contributed by atoms with Crippen LogP contribution in [0.2, 0.25) is 0 Å². The molecule has 0 saturated heterocycles. The Kier molecular flexibility index (Phi) is 1.28. The number of H-pyrrole nitrogens is 1. The summed E-state index contributed by atoms with van der Waals surface area (Å²) in [6.07, 6.45) is 3.29. The second-order valence-electron chi connectivity index (χ2n) is 3.13. The number of aromatic nitrogens is 1. The van der Waals surface area contributed by atoms with Gasteiger partial charge in [0.05, 0.1) is 23.1 Å². The number of nitrogens with zero attached hydrogens (tertiary/aromatic N) is 1. The van der Waals surface area contributed by atoms with Crippen LogP contribution in [0.4, 0.5) is 11.4 Å². The molecule has 4 heteroatoms. The lowest BCUT2D eigenvalue weighted by Crippen LogP contribution is -2.09. The largest absolute Gasteiger partial charge is 0.345 e. The molecule has 1 aromatic heterocycles. The van der Waals surface area contributed by atoms with Gasteiger partial charge in [-0.05, 0) is 12.1 Å². The lowest BCUT2D eigenvalue weighted by atomic mass is 10.1. The Morgan fingerprint density at radius 2 is 2.21 bits per heavy atom. The van der Waals surface area contributed by atoms with E-state index in [-0.39, 0.29) is 5.56 Å². The van der Waals surface area contributed by atoms with Gasteiger partial charge in [-0.2, -0.15) is 0 Å². The molecule has 0 aliphatic carbocycles. The monoisotopic (exact) mass is 185 g/mol. The number of aromatic amines is 1. The van der Waals surface area contributed by atoms with Crippen molar-refractivity contribution in [2.45, 2.75) is 0 Å².